The van der Waals surface area contributed by atoms with E-state index in [4.69, 9.17) is 5.73 Å². The lowest BCUT2D eigenvalue weighted by atomic mass is 9.88. The SMILES string of the molecule is NCC1=C(CC(=O)NC2C(=O)N3CC(CSc4ccc5nnnn5n4)(C(=O)O)CS[C@H]23)CCCC1. The lowest BCUT2D eigenvalue weighted by Gasteiger charge is -2.53. The number of fused-ring (bicyclic) bond motifs is 2. The zero-order valence-corrected chi connectivity index (χ0v) is 20.6. The lowest BCUT2D eigenvalue weighted by molar-refractivity contribution is -0.157. The Morgan fingerprint density at radius 2 is 2.09 bits per heavy atom. The molecular weight excluding hydrogens is 492 g/mol. The van der Waals surface area contributed by atoms with Crippen molar-refractivity contribution < 1.29 is 19.5 Å². The molecule has 3 aliphatic rings. The number of nitrogens with one attached hydrogen (secondary N) is 1. The number of β-lactam (4-membered cyclic amide) rings is 1. The molecule has 14 heteroatoms. The molecule has 4 N–H and O–H groups in total. The van der Waals surface area contributed by atoms with Gasteiger partial charge in [-0.25, -0.2) is 0 Å². The van der Waals surface area contributed by atoms with Gasteiger partial charge in [-0.3, -0.25) is 14.4 Å². The van der Waals surface area contributed by atoms with Gasteiger partial charge in [-0.15, -0.1) is 38.4 Å². The van der Waals surface area contributed by atoms with E-state index in [2.05, 4.69) is 25.9 Å². The standard InChI is InChI=1S/C21H26N8O4S2/c22-8-13-4-2-1-3-12(13)7-15(30)23-17-18(31)28-9-21(20(32)33,11-35-19(17)28)10-34-16-6-5-14-24-26-27-29(14)25-16/h5-6,17,19H,1-4,7-11,22H2,(H,23,30)(H,32,33)/t17?,19-,21?/m1/s1. The summed E-state index contributed by atoms with van der Waals surface area (Å²) in [6, 6.07) is 2.82. The lowest BCUT2D eigenvalue weighted by Crippen LogP contribution is -2.74. The number of aliphatic carboxylic acids is 1. The number of carboxylic acid groups (broad SMARTS) is 1. The van der Waals surface area contributed by atoms with Crippen LogP contribution in [0.5, 0.6) is 0 Å². The molecule has 2 unspecified atom stereocenters. The number of nitrogens with two attached hydrogens (primary N) is 1. The monoisotopic (exact) mass is 518 g/mol. The average molecular weight is 519 g/mol. The Morgan fingerprint density at radius 1 is 1.29 bits per heavy atom. The van der Waals surface area contributed by atoms with Crippen molar-refractivity contribution in [2.24, 2.45) is 11.1 Å². The minimum atomic E-state index is -1.13. The number of nitrogens with zero attached hydrogens (tertiary/aromatic N) is 6. The van der Waals surface area contributed by atoms with E-state index >= 15 is 0 Å². The number of thioether (sulfide) groups is 2. The second-order valence-electron chi connectivity index (χ2n) is 9.08. The third kappa shape index (κ3) is 4.61. The number of aromatic nitrogens is 5. The van der Waals surface area contributed by atoms with Crippen molar-refractivity contribution in [3.63, 3.8) is 0 Å². The van der Waals surface area contributed by atoms with Gasteiger partial charge in [-0.05, 0) is 48.2 Å². The van der Waals surface area contributed by atoms with Gasteiger partial charge in [0, 0.05) is 31.0 Å². The number of carbonyl (C=O) groups excluding carboxylic acids is 2. The fourth-order valence-corrected chi connectivity index (χ4v) is 7.45. The van der Waals surface area contributed by atoms with E-state index in [1.54, 1.807) is 17.0 Å². The van der Waals surface area contributed by atoms with E-state index < -0.39 is 17.4 Å². The van der Waals surface area contributed by atoms with E-state index in [1.807, 2.05) is 0 Å². The first-order valence-corrected chi connectivity index (χ1v) is 13.5. The minimum absolute atomic E-state index is 0.0911. The molecule has 12 nitrogen and oxygen atoms in total. The molecule has 186 valence electrons. The van der Waals surface area contributed by atoms with Crippen molar-refractivity contribution in [2.45, 2.75) is 48.5 Å². The number of hydrogen-bond donors (Lipinski definition) is 3. The van der Waals surface area contributed by atoms with Crippen molar-refractivity contribution in [1.29, 1.82) is 0 Å². The van der Waals surface area contributed by atoms with E-state index in [0.29, 0.717) is 23.0 Å². The summed E-state index contributed by atoms with van der Waals surface area (Å²) in [7, 11) is 0. The van der Waals surface area contributed by atoms with Crippen LogP contribution in [-0.4, -0.2) is 89.1 Å². The summed E-state index contributed by atoms with van der Waals surface area (Å²) < 4.78 is 1.29. The Labute approximate surface area is 209 Å². The third-order valence-corrected chi connectivity index (χ3v) is 9.58. The Bertz CT molecular complexity index is 1200. The third-order valence-electron chi connectivity index (χ3n) is 6.78. The molecule has 2 aromatic heterocycles. The number of carboxylic acids is 1. The number of amides is 2. The molecule has 1 aliphatic carbocycles. The first kappa shape index (κ1) is 24.0. The highest BCUT2D eigenvalue weighted by molar-refractivity contribution is 8.00. The molecule has 35 heavy (non-hydrogen) atoms. The molecule has 4 heterocycles. The Hall–Kier alpha value is -2.71. The van der Waals surface area contributed by atoms with E-state index in [-0.39, 0.29) is 35.9 Å². The van der Waals surface area contributed by atoms with E-state index in [9.17, 15) is 19.5 Å². The maximum Gasteiger partial charge on any atom is 0.313 e. The van der Waals surface area contributed by atoms with Crippen molar-refractivity contribution in [3.05, 3.63) is 23.3 Å². The maximum atomic E-state index is 12.9. The first-order chi connectivity index (χ1) is 16.9. The van der Waals surface area contributed by atoms with Crippen LogP contribution in [0.3, 0.4) is 0 Å². The van der Waals surface area contributed by atoms with Gasteiger partial charge >= 0.3 is 5.97 Å². The predicted molar refractivity (Wildman–Crippen MR) is 128 cm³/mol. The van der Waals surface area contributed by atoms with Crippen molar-refractivity contribution in [1.82, 2.24) is 35.5 Å². The molecular formula is C21H26N8O4S2. The molecule has 2 saturated heterocycles. The summed E-state index contributed by atoms with van der Waals surface area (Å²) in [6.07, 6.45) is 4.22. The second-order valence-corrected chi connectivity index (χ2v) is 11.2. The quantitative estimate of drug-likeness (QED) is 0.250. The van der Waals surface area contributed by atoms with Crippen LogP contribution in [0.25, 0.3) is 5.65 Å². The smallest absolute Gasteiger partial charge is 0.313 e. The molecule has 0 radical (unpaired) electrons. The molecule has 3 atom stereocenters. The number of rotatable bonds is 8. The molecule has 0 aromatic carbocycles. The van der Waals surface area contributed by atoms with E-state index in [1.165, 1.54) is 28.2 Å². The highest BCUT2D eigenvalue weighted by atomic mass is 32.2. The van der Waals surface area contributed by atoms with Crippen LogP contribution in [-0.2, 0) is 14.4 Å². The highest BCUT2D eigenvalue weighted by Gasteiger charge is 2.57. The van der Waals surface area contributed by atoms with Crippen molar-refractivity contribution >= 4 is 47.0 Å². The summed E-state index contributed by atoms with van der Waals surface area (Å²) in [4.78, 5) is 39.4. The number of hydrogen-bond acceptors (Lipinski definition) is 10. The predicted octanol–water partition coefficient (Wildman–Crippen LogP) is 0.302. The summed E-state index contributed by atoms with van der Waals surface area (Å²) in [5.74, 6) is -0.818. The fourth-order valence-electron chi connectivity index (χ4n) is 4.74. The number of carbonyl (C=O) groups is 3. The van der Waals surface area contributed by atoms with Crippen LogP contribution < -0.4 is 11.1 Å². The van der Waals surface area contributed by atoms with Crippen molar-refractivity contribution in [3.8, 4) is 0 Å². The zero-order chi connectivity index (χ0) is 24.6. The van der Waals surface area contributed by atoms with E-state index in [0.717, 1.165) is 36.8 Å². The van der Waals surface area contributed by atoms with Gasteiger partial charge in [0.1, 0.15) is 21.9 Å². The summed E-state index contributed by atoms with van der Waals surface area (Å²) in [6.45, 7) is 0.555. The molecule has 0 bridgehead atoms. The van der Waals surface area contributed by atoms with Crippen molar-refractivity contribution in [2.75, 3.05) is 24.6 Å². The fraction of sp³-hybridized carbons (Fsp3) is 0.571. The first-order valence-electron chi connectivity index (χ1n) is 11.4. The Balaban J connectivity index is 1.20. The largest absolute Gasteiger partial charge is 0.481 e. The molecule has 0 saturated carbocycles. The molecule has 2 fully saturated rings. The average Bonchev–Trinajstić information content (AvgIpc) is 3.34. The van der Waals surface area contributed by atoms with Gasteiger partial charge in [0.15, 0.2) is 5.65 Å². The molecule has 2 aromatic rings. The van der Waals surface area contributed by atoms with Gasteiger partial charge < -0.3 is 21.1 Å². The number of tetrazole rings is 1. The normalized spacial score (nSPS) is 26.4. The Morgan fingerprint density at radius 3 is 2.86 bits per heavy atom. The topological polar surface area (TPSA) is 169 Å². The van der Waals surface area contributed by atoms with Gasteiger partial charge in [-0.2, -0.15) is 0 Å². The highest BCUT2D eigenvalue weighted by Crippen LogP contribution is 2.44. The summed E-state index contributed by atoms with van der Waals surface area (Å²) in [5, 5.41) is 28.7. The van der Waals surface area contributed by atoms with Gasteiger partial charge in [-0.1, -0.05) is 11.1 Å². The molecule has 0 spiro atoms. The van der Waals surface area contributed by atoms with Crippen LogP contribution >= 0.6 is 23.5 Å². The van der Waals surface area contributed by atoms with Crippen LogP contribution in [0.1, 0.15) is 32.1 Å². The van der Waals surface area contributed by atoms with Gasteiger partial charge in [0.05, 0.1) is 0 Å². The van der Waals surface area contributed by atoms with Crippen LogP contribution in [0.2, 0.25) is 0 Å². The molecule has 2 aliphatic heterocycles. The van der Waals surface area contributed by atoms with Crippen LogP contribution in [0.4, 0.5) is 0 Å². The Kier molecular flexibility index (Phi) is 6.68. The van der Waals surface area contributed by atoms with Crippen LogP contribution in [0.15, 0.2) is 28.3 Å². The molecule has 5 rings (SSSR count). The molecule has 2 amide bonds. The van der Waals surface area contributed by atoms with Crippen LogP contribution in [0, 0.1) is 5.41 Å². The minimum Gasteiger partial charge on any atom is -0.481 e. The zero-order valence-electron chi connectivity index (χ0n) is 18.9. The second kappa shape index (κ2) is 9.74. The van der Waals surface area contributed by atoms with Gasteiger partial charge in [0.25, 0.3) is 0 Å². The summed E-state index contributed by atoms with van der Waals surface area (Å²) in [5.41, 5.74) is 7.44. The maximum absolute atomic E-state index is 12.9. The van der Waals surface area contributed by atoms with Gasteiger partial charge in [0.2, 0.25) is 11.8 Å². The summed E-state index contributed by atoms with van der Waals surface area (Å²) >= 11 is 2.69.